The van der Waals surface area contributed by atoms with Crippen LogP contribution in [0.5, 0.6) is 0 Å². The maximum Gasteiger partial charge on any atom is 0.490 e. The van der Waals surface area contributed by atoms with Crippen molar-refractivity contribution in [3.8, 4) is 0 Å². The van der Waals surface area contributed by atoms with Gasteiger partial charge in [0.2, 0.25) is 0 Å². The molecule has 0 aliphatic carbocycles. The van der Waals surface area contributed by atoms with Crippen molar-refractivity contribution in [2.75, 3.05) is 19.7 Å². The SMILES string of the molecule is O=C(O)C(F)(F)F.O=C(O)c1ccc(CN2CCOC(F)(F)C2)cc1. The highest BCUT2D eigenvalue weighted by atomic mass is 19.4. The van der Waals surface area contributed by atoms with Crippen molar-refractivity contribution in [1.82, 2.24) is 4.90 Å². The zero-order valence-electron chi connectivity index (χ0n) is 12.6. The number of carboxylic acids is 2. The number of aromatic carboxylic acids is 1. The molecular formula is C14H14F5NO5. The van der Waals surface area contributed by atoms with E-state index >= 15 is 0 Å². The summed E-state index contributed by atoms with van der Waals surface area (Å²) in [6.45, 7) is 0.364. The number of ether oxygens (including phenoxy) is 1. The molecule has 2 rings (SSSR count). The summed E-state index contributed by atoms with van der Waals surface area (Å²) in [6, 6.07) is 6.21. The van der Waals surface area contributed by atoms with Gasteiger partial charge in [-0.05, 0) is 17.7 Å². The summed E-state index contributed by atoms with van der Waals surface area (Å²) in [7, 11) is 0. The van der Waals surface area contributed by atoms with Gasteiger partial charge in [0.1, 0.15) is 0 Å². The van der Waals surface area contributed by atoms with E-state index in [1.807, 2.05) is 0 Å². The third kappa shape index (κ3) is 7.44. The lowest BCUT2D eigenvalue weighted by molar-refractivity contribution is -0.271. The summed E-state index contributed by atoms with van der Waals surface area (Å²) < 4.78 is 62.0. The Balaban J connectivity index is 0.000000381. The van der Waals surface area contributed by atoms with Crippen LogP contribution in [0, 0.1) is 0 Å². The van der Waals surface area contributed by atoms with Crippen LogP contribution in [0.3, 0.4) is 0 Å². The molecule has 1 heterocycles. The molecule has 1 saturated heterocycles. The maximum absolute atomic E-state index is 13.0. The van der Waals surface area contributed by atoms with Crippen molar-refractivity contribution in [2.45, 2.75) is 18.8 Å². The number of morpholine rings is 1. The average molecular weight is 371 g/mol. The number of rotatable bonds is 3. The molecule has 2 N–H and O–H groups in total. The summed E-state index contributed by atoms with van der Waals surface area (Å²) in [4.78, 5) is 21.1. The number of alkyl halides is 5. The molecule has 1 aliphatic rings. The van der Waals surface area contributed by atoms with Gasteiger partial charge < -0.3 is 14.9 Å². The van der Waals surface area contributed by atoms with Gasteiger partial charge >= 0.3 is 24.2 Å². The molecule has 6 nitrogen and oxygen atoms in total. The molecule has 0 aromatic heterocycles. The summed E-state index contributed by atoms with van der Waals surface area (Å²) in [5, 5.41) is 15.9. The quantitative estimate of drug-likeness (QED) is 0.794. The van der Waals surface area contributed by atoms with E-state index < -0.39 is 30.8 Å². The molecule has 1 aliphatic heterocycles. The second kappa shape index (κ2) is 8.21. The second-order valence-electron chi connectivity index (χ2n) is 5.00. The van der Waals surface area contributed by atoms with Gasteiger partial charge in [0.05, 0.1) is 18.7 Å². The first-order valence-corrected chi connectivity index (χ1v) is 6.77. The topological polar surface area (TPSA) is 87.1 Å². The van der Waals surface area contributed by atoms with Crippen molar-refractivity contribution in [3.63, 3.8) is 0 Å². The van der Waals surface area contributed by atoms with Crippen LogP contribution in [0.4, 0.5) is 22.0 Å². The molecule has 140 valence electrons. The van der Waals surface area contributed by atoms with E-state index in [9.17, 15) is 26.7 Å². The number of carbonyl (C=O) groups is 2. The minimum atomic E-state index is -5.08. The second-order valence-corrected chi connectivity index (χ2v) is 5.00. The summed E-state index contributed by atoms with van der Waals surface area (Å²) in [5.41, 5.74) is 0.990. The first kappa shape index (κ1) is 20.8. The molecule has 0 saturated carbocycles. The molecule has 0 radical (unpaired) electrons. The number of nitrogens with zero attached hydrogens (tertiary/aromatic N) is 1. The van der Waals surface area contributed by atoms with Gasteiger partial charge in [-0.15, -0.1) is 0 Å². The van der Waals surface area contributed by atoms with Crippen LogP contribution >= 0.6 is 0 Å². The fourth-order valence-electron chi connectivity index (χ4n) is 1.85. The molecule has 25 heavy (non-hydrogen) atoms. The minimum Gasteiger partial charge on any atom is -0.478 e. The minimum absolute atomic E-state index is 0.000208. The lowest BCUT2D eigenvalue weighted by atomic mass is 10.1. The standard InChI is InChI=1S/C12H13F2NO3.C2HF3O2/c13-12(14)8-15(5-6-18-12)7-9-1-3-10(4-2-9)11(16)17;3-2(4,5)1(6)7/h1-4H,5-8H2,(H,16,17);(H,6,7). The summed E-state index contributed by atoms with van der Waals surface area (Å²) in [6.07, 6.45) is -8.18. The van der Waals surface area contributed by atoms with Crippen LogP contribution in [0.1, 0.15) is 15.9 Å². The Morgan fingerprint density at radius 1 is 1.16 bits per heavy atom. The van der Waals surface area contributed by atoms with E-state index in [0.717, 1.165) is 5.56 Å². The van der Waals surface area contributed by atoms with Crippen molar-refractivity contribution >= 4 is 11.9 Å². The van der Waals surface area contributed by atoms with Gasteiger partial charge in [0.25, 0.3) is 0 Å². The Bertz CT molecular complexity index is 603. The van der Waals surface area contributed by atoms with Crippen LogP contribution in [-0.4, -0.2) is 59.0 Å². The Kier molecular flexibility index (Phi) is 6.82. The lowest BCUT2D eigenvalue weighted by Crippen LogP contribution is -2.46. The number of halogens is 5. The van der Waals surface area contributed by atoms with Crippen molar-refractivity contribution in [3.05, 3.63) is 35.4 Å². The zero-order valence-corrected chi connectivity index (χ0v) is 12.6. The van der Waals surface area contributed by atoms with E-state index in [1.165, 1.54) is 12.1 Å². The number of benzene rings is 1. The van der Waals surface area contributed by atoms with Crippen molar-refractivity contribution in [2.24, 2.45) is 0 Å². The average Bonchev–Trinajstić information content (AvgIpc) is 2.46. The molecule has 0 atom stereocenters. The fourth-order valence-corrected chi connectivity index (χ4v) is 1.85. The molecule has 0 spiro atoms. The Morgan fingerprint density at radius 2 is 1.68 bits per heavy atom. The highest BCUT2D eigenvalue weighted by Crippen LogP contribution is 2.22. The summed E-state index contributed by atoms with van der Waals surface area (Å²) in [5.74, 6) is -3.76. The number of hydrogen-bond acceptors (Lipinski definition) is 4. The van der Waals surface area contributed by atoms with Gasteiger partial charge in [-0.25, -0.2) is 9.59 Å². The van der Waals surface area contributed by atoms with E-state index in [1.54, 1.807) is 17.0 Å². The molecule has 1 aromatic rings. The first-order valence-electron chi connectivity index (χ1n) is 6.77. The number of hydrogen-bond donors (Lipinski definition) is 2. The fraction of sp³-hybridized carbons (Fsp3) is 0.429. The van der Waals surface area contributed by atoms with Gasteiger partial charge in [-0.2, -0.15) is 22.0 Å². The molecule has 0 bridgehead atoms. The molecule has 1 fully saturated rings. The Hall–Kier alpha value is -2.27. The Labute approximate surface area is 138 Å². The summed E-state index contributed by atoms with van der Waals surface area (Å²) >= 11 is 0. The molecule has 11 heteroatoms. The lowest BCUT2D eigenvalue weighted by Gasteiger charge is -2.32. The van der Waals surface area contributed by atoms with Crippen molar-refractivity contribution in [1.29, 1.82) is 0 Å². The zero-order chi connectivity index (χ0) is 19.3. The van der Waals surface area contributed by atoms with Gasteiger partial charge in [-0.1, -0.05) is 12.1 Å². The van der Waals surface area contributed by atoms with Gasteiger partial charge in [0.15, 0.2) is 0 Å². The smallest absolute Gasteiger partial charge is 0.478 e. The largest absolute Gasteiger partial charge is 0.490 e. The Morgan fingerprint density at radius 3 is 2.08 bits per heavy atom. The number of aliphatic carboxylic acids is 1. The highest BCUT2D eigenvalue weighted by molar-refractivity contribution is 5.87. The monoisotopic (exact) mass is 371 g/mol. The van der Waals surface area contributed by atoms with Crippen LogP contribution in [0.15, 0.2) is 24.3 Å². The van der Waals surface area contributed by atoms with Crippen LogP contribution in [-0.2, 0) is 16.1 Å². The van der Waals surface area contributed by atoms with E-state index in [4.69, 9.17) is 15.0 Å². The molecular weight excluding hydrogens is 357 g/mol. The number of carboxylic acid groups (broad SMARTS) is 2. The third-order valence-corrected chi connectivity index (χ3v) is 2.98. The molecule has 1 aromatic carbocycles. The van der Waals surface area contributed by atoms with Crippen LogP contribution < -0.4 is 0 Å². The third-order valence-electron chi connectivity index (χ3n) is 2.98. The van der Waals surface area contributed by atoms with Crippen LogP contribution in [0.25, 0.3) is 0 Å². The predicted octanol–water partition coefficient (Wildman–Crippen LogP) is 2.44. The molecule has 0 unspecified atom stereocenters. The normalized spacial score (nSPS) is 17.3. The first-order chi connectivity index (χ1) is 11.4. The van der Waals surface area contributed by atoms with E-state index in [-0.39, 0.29) is 12.2 Å². The van der Waals surface area contributed by atoms with Crippen molar-refractivity contribution < 1.29 is 46.5 Å². The van der Waals surface area contributed by atoms with Gasteiger partial charge in [0, 0.05) is 13.1 Å². The van der Waals surface area contributed by atoms with E-state index in [0.29, 0.717) is 13.1 Å². The molecule has 0 amide bonds. The maximum atomic E-state index is 13.0. The predicted molar refractivity (Wildman–Crippen MR) is 73.3 cm³/mol. The van der Waals surface area contributed by atoms with E-state index in [2.05, 4.69) is 4.74 Å². The van der Waals surface area contributed by atoms with Gasteiger partial charge in [-0.3, -0.25) is 4.90 Å². The van der Waals surface area contributed by atoms with Crippen LogP contribution in [0.2, 0.25) is 0 Å². The highest BCUT2D eigenvalue weighted by Gasteiger charge is 2.38.